The predicted octanol–water partition coefficient (Wildman–Crippen LogP) is -8.92. The maximum atomic E-state index is 9.41. The van der Waals surface area contributed by atoms with E-state index in [1.165, 1.54) is 0 Å². The zero-order valence-electron chi connectivity index (χ0n) is 8.25. The van der Waals surface area contributed by atoms with Gasteiger partial charge in [-0.3, -0.25) is 33.8 Å². The monoisotopic (exact) mass is 234 g/mol. The second-order valence-electron chi connectivity index (χ2n) is 1.97. The Bertz CT molecular complexity index is 251. The van der Waals surface area contributed by atoms with Crippen molar-refractivity contribution in [2.45, 2.75) is 0 Å². The lowest BCUT2D eigenvalue weighted by molar-refractivity contribution is -0.301. The first-order chi connectivity index (χ1) is 7.09. The highest BCUT2D eigenvalue weighted by atomic mass is 16.4. The molecule has 0 aromatic rings. The fourth-order valence-electron chi connectivity index (χ4n) is 0.136. The molecule has 0 fully saturated rings. The van der Waals surface area contributed by atoms with Crippen LogP contribution in [0.3, 0.4) is 0 Å². The summed E-state index contributed by atoms with van der Waals surface area (Å²) in [6.07, 6.45) is 0.769. The van der Waals surface area contributed by atoms with Crippen LogP contribution in [0.15, 0.2) is 12.2 Å². The van der Waals surface area contributed by atoms with Crippen molar-refractivity contribution >= 4 is 23.9 Å². The molecular formula is C6H14N6O4. The highest BCUT2D eigenvalue weighted by Crippen LogP contribution is 1.64. The Morgan fingerprint density at radius 2 is 0.938 bits per heavy atom. The van der Waals surface area contributed by atoms with Crippen molar-refractivity contribution < 1.29 is 30.6 Å². The van der Waals surface area contributed by atoms with Crippen LogP contribution in [-0.2, 0) is 9.59 Å². The van der Waals surface area contributed by atoms with Crippen LogP contribution in [0.1, 0.15) is 0 Å². The second kappa shape index (κ2) is 12.2. The lowest BCUT2D eigenvalue weighted by Crippen LogP contribution is -2.51. The topological polar surface area (TPSA) is 236 Å². The number of hydrogen-bond donors (Lipinski definition) is 6. The molecule has 0 aliphatic carbocycles. The van der Waals surface area contributed by atoms with E-state index in [0.29, 0.717) is 12.2 Å². The summed E-state index contributed by atoms with van der Waals surface area (Å²) in [4.78, 5) is 18.8. The molecule has 0 atom stereocenters. The van der Waals surface area contributed by atoms with Gasteiger partial charge in [-0.2, -0.15) is 0 Å². The van der Waals surface area contributed by atoms with Crippen molar-refractivity contribution in [2.75, 3.05) is 0 Å². The molecule has 10 nitrogen and oxygen atoms in total. The minimum atomic E-state index is -1.55. The number of aliphatic carboxylic acids is 2. The Morgan fingerprint density at radius 1 is 0.812 bits per heavy atom. The van der Waals surface area contributed by atoms with E-state index < -0.39 is 11.9 Å². The molecule has 0 aromatic carbocycles. The number of carboxylic acids is 2. The number of nitrogens with two attached hydrogens (primary N) is 6. The van der Waals surface area contributed by atoms with Crippen LogP contribution in [0.4, 0.5) is 0 Å². The molecule has 0 aliphatic heterocycles. The van der Waals surface area contributed by atoms with Crippen LogP contribution >= 0.6 is 0 Å². The lowest BCUT2D eigenvalue weighted by atomic mass is 10.5. The average molecular weight is 234 g/mol. The molecule has 0 spiro atoms. The number of carboxylic acid groups (broad SMARTS) is 2. The summed E-state index contributed by atoms with van der Waals surface area (Å²) in [5.41, 5.74) is 18.3. The molecule has 92 valence electrons. The van der Waals surface area contributed by atoms with Gasteiger partial charge in [0.15, 0.2) is 0 Å². The van der Waals surface area contributed by atoms with Gasteiger partial charge in [-0.25, -0.2) is 0 Å². The van der Waals surface area contributed by atoms with Crippen molar-refractivity contribution in [3.05, 3.63) is 12.2 Å². The van der Waals surface area contributed by atoms with E-state index in [1.54, 1.807) is 0 Å². The summed E-state index contributed by atoms with van der Waals surface area (Å²) in [6, 6.07) is 0. The molecule has 12 N–H and O–H groups in total. The molecule has 0 heterocycles. The highest BCUT2D eigenvalue weighted by molar-refractivity contribution is 5.87. The van der Waals surface area contributed by atoms with Crippen molar-refractivity contribution in [1.29, 1.82) is 0 Å². The summed E-state index contributed by atoms with van der Waals surface area (Å²) in [5, 5.41) is 28.0. The maximum Gasteiger partial charge on any atom is 0.336 e. The second-order valence-corrected chi connectivity index (χ2v) is 1.97. The zero-order chi connectivity index (χ0) is 13.7. The fourth-order valence-corrected chi connectivity index (χ4v) is 0.136. The maximum absolute atomic E-state index is 9.41. The summed E-state index contributed by atoms with van der Waals surface area (Å²) in [6.45, 7) is 0. The van der Waals surface area contributed by atoms with Crippen LogP contribution in [0.5, 0.6) is 0 Å². The van der Waals surface area contributed by atoms with E-state index in [-0.39, 0.29) is 11.9 Å². The van der Waals surface area contributed by atoms with Gasteiger partial charge in [0, 0.05) is 0 Å². The average Bonchev–Trinajstić information content (AvgIpc) is 1.98. The Morgan fingerprint density at radius 3 is 1.00 bits per heavy atom. The van der Waals surface area contributed by atoms with Gasteiger partial charge in [-0.15, -0.1) is 0 Å². The van der Waals surface area contributed by atoms with Crippen LogP contribution in [0, 0.1) is 0 Å². The minimum Gasteiger partial charge on any atom is -0.545 e. The van der Waals surface area contributed by atoms with Crippen molar-refractivity contribution in [3.63, 3.8) is 0 Å². The minimum absolute atomic E-state index is 0.0833. The number of guanidine groups is 2. The molecule has 0 aliphatic rings. The molecule has 0 aromatic heterocycles. The number of hydrogen-bond acceptors (Lipinski definition) is 4. The van der Waals surface area contributed by atoms with Gasteiger partial charge in [-0.1, -0.05) is 0 Å². The number of carbonyl (C=O) groups is 2. The third kappa shape index (κ3) is 238. The number of rotatable bonds is 2. The number of carbonyl (C=O) groups excluding carboxylic acids is 2. The van der Waals surface area contributed by atoms with Crippen LogP contribution in [0.25, 0.3) is 0 Å². The van der Waals surface area contributed by atoms with E-state index in [1.807, 2.05) is 0 Å². The van der Waals surface area contributed by atoms with Gasteiger partial charge in [0.2, 0.25) is 0 Å². The Balaban J connectivity index is -0.000000179. The van der Waals surface area contributed by atoms with Gasteiger partial charge >= 0.3 is 11.9 Å². The first-order valence-corrected chi connectivity index (χ1v) is 3.46. The molecule has 0 saturated carbocycles. The predicted molar refractivity (Wildman–Crippen MR) is 49.8 cm³/mol. The first kappa shape index (κ1) is 18.9. The van der Waals surface area contributed by atoms with Gasteiger partial charge < -0.3 is 19.8 Å². The van der Waals surface area contributed by atoms with Crippen molar-refractivity contribution in [1.82, 2.24) is 0 Å². The highest BCUT2D eigenvalue weighted by Gasteiger charge is 1.71. The molecule has 0 bridgehead atoms. The van der Waals surface area contributed by atoms with Gasteiger partial charge in [0.05, 0.1) is 11.9 Å². The van der Waals surface area contributed by atoms with Crippen molar-refractivity contribution in [3.8, 4) is 0 Å². The molecule has 0 unspecified atom stereocenters. The Labute approximate surface area is 90.5 Å². The summed E-state index contributed by atoms with van der Waals surface area (Å²) < 4.78 is 0. The smallest absolute Gasteiger partial charge is 0.336 e. The van der Waals surface area contributed by atoms with E-state index in [4.69, 9.17) is 0 Å². The molecule has 16 heavy (non-hydrogen) atoms. The van der Waals surface area contributed by atoms with E-state index in [2.05, 4.69) is 33.8 Å². The van der Waals surface area contributed by atoms with Crippen LogP contribution in [0.2, 0.25) is 0 Å². The van der Waals surface area contributed by atoms with Crippen molar-refractivity contribution in [2.24, 2.45) is 22.9 Å². The van der Waals surface area contributed by atoms with E-state index >= 15 is 0 Å². The van der Waals surface area contributed by atoms with Crippen LogP contribution in [-0.4, -0.2) is 23.9 Å². The largest absolute Gasteiger partial charge is 0.545 e. The Hall–Kier alpha value is -2.78. The lowest BCUT2D eigenvalue weighted by Gasteiger charge is -1.90. The normalized spacial score (nSPS) is 7.75. The first-order valence-electron chi connectivity index (χ1n) is 3.46. The summed E-state index contributed by atoms with van der Waals surface area (Å²) in [5.74, 6) is -3.26. The molecule has 10 heteroatoms. The molecule has 0 rings (SSSR count). The summed E-state index contributed by atoms with van der Waals surface area (Å²) in [7, 11) is 0. The Kier molecular flexibility index (Phi) is 14.4. The van der Waals surface area contributed by atoms with Gasteiger partial charge in [-0.05, 0) is 12.2 Å². The van der Waals surface area contributed by atoms with Gasteiger partial charge in [0.1, 0.15) is 0 Å². The molecule has 0 saturated heterocycles. The van der Waals surface area contributed by atoms with E-state index in [9.17, 15) is 19.8 Å². The third-order valence-electron chi connectivity index (χ3n) is 0.355. The van der Waals surface area contributed by atoms with E-state index in [0.717, 1.165) is 0 Å². The van der Waals surface area contributed by atoms with Gasteiger partial charge in [0.25, 0.3) is 0 Å². The fraction of sp³-hybridized carbons (Fsp3) is 0. The molecule has 0 radical (unpaired) electrons. The van der Waals surface area contributed by atoms with Crippen LogP contribution < -0.4 is 44.0 Å². The third-order valence-corrected chi connectivity index (χ3v) is 0.355. The molecular weight excluding hydrogens is 220 g/mol. The quantitative estimate of drug-likeness (QED) is 0.152. The standard InChI is InChI=1S/C4H4O4.2CH5N3/c5-3(6)1-2-4(7)8;2*2-1(3)4/h1-2H,(H,5,6)(H,7,8);2*(H5,2,3,4)/b2-1-;;. The SMILES string of the molecule is NC(N)=[NH2+].NC(N)=[NH2+].O=C([O-])/C=C\C(=O)[O-]. The zero-order valence-corrected chi connectivity index (χ0v) is 8.25. The summed E-state index contributed by atoms with van der Waals surface area (Å²) >= 11 is 0. The molecule has 0 amide bonds.